The standard InChI is InChI=1S/C13H15N3O2/c1-8-15-12(10-3-2-5-14-10)11-7-9(13(17)18)4-6-16(8)11/h2-3,5,9,14H,4,6-7H2,1H3,(H,17,18). The van der Waals surface area contributed by atoms with Gasteiger partial charge in [0.25, 0.3) is 0 Å². The molecule has 1 unspecified atom stereocenters. The van der Waals surface area contributed by atoms with Crippen molar-refractivity contribution < 1.29 is 9.90 Å². The summed E-state index contributed by atoms with van der Waals surface area (Å²) in [5, 5.41) is 9.15. The number of carboxylic acids is 1. The zero-order valence-electron chi connectivity index (χ0n) is 10.2. The number of carbonyl (C=O) groups is 1. The molecule has 3 heterocycles. The van der Waals surface area contributed by atoms with Gasteiger partial charge in [-0.05, 0) is 25.5 Å². The van der Waals surface area contributed by atoms with Crippen LogP contribution in [0.3, 0.4) is 0 Å². The highest BCUT2D eigenvalue weighted by molar-refractivity contribution is 5.71. The number of rotatable bonds is 2. The van der Waals surface area contributed by atoms with Crippen LogP contribution in [0.5, 0.6) is 0 Å². The maximum atomic E-state index is 11.1. The Balaban J connectivity index is 2.06. The Labute approximate surface area is 104 Å². The molecule has 0 bridgehead atoms. The van der Waals surface area contributed by atoms with E-state index >= 15 is 0 Å². The van der Waals surface area contributed by atoms with Gasteiger partial charge in [0.1, 0.15) is 11.5 Å². The van der Waals surface area contributed by atoms with Gasteiger partial charge in [-0.25, -0.2) is 4.98 Å². The minimum Gasteiger partial charge on any atom is -0.481 e. The van der Waals surface area contributed by atoms with Crippen LogP contribution in [0.2, 0.25) is 0 Å². The Bertz CT molecular complexity index is 584. The van der Waals surface area contributed by atoms with Crippen LogP contribution in [0.4, 0.5) is 0 Å². The molecule has 2 aromatic rings. The molecule has 0 radical (unpaired) electrons. The van der Waals surface area contributed by atoms with E-state index < -0.39 is 5.97 Å². The molecule has 5 heteroatoms. The quantitative estimate of drug-likeness (QED) is 0.848. The molecule has 0 aromatic carbocycles. The Hall–Kier alpha value is -2.04. The molecule has 94 valence electrons. The van der Waals surface area contributed by atoms with Crippen LogP contribution in [0, 0.1) is 12.8 Å². The summed E-state index contributed by atoms with van der Waals surface area (Å²) in [4.78, 5) is 18.8. The van der Waals surface area contributed by atoms with E-state index in [0.29, 0.717) is 12.8 Å². The van der Waals surface area contributed by atoms with Crippen LogP contribution in [0.15, 0.2) is 18.3 Å². The molecule has 0 fully saturated rings. The summed E-state index contributed by atoms with van der Waals surface area (Å²) in [6.45, 7) is 2.71. The van der Waals surface area contributed by atoms with Gasteiger partial charge in [-0.1, -0.05) is 0 Å². The maximum absolute atomic E-state index is 11.1. The maximum Gasteiger partial charge on any atom is 0.306 e. The minimum atomic E-state index is -0.711. The Morgan fingerprint density at radius 3 is 3.11 bits per heavy atom. The largest absolute Gasteiger partial charge is 0.481 e. The summed E-state index contributed by atoms with van der Waals surface area (Å²) in [6, 6.07) is 3.89. The van der Waals surface area contributed by atoms with Crippen LogP contribution >= 0.6 is 0 Å². The van der Waals surface area contributed by atoms with Gasteiger partial charge in [0, 0.05) is 24.9 Å². The Morgan fingerprint density at radius 1 is 1.61 bits per heavy atom. The highest BCUT2D eigenvalue weighted by Gasteiger charge is 2.28. The number of fused-ring (bicyclic) bond motifs is 1. The van der Waals surface area contributed by atoms with Crippen LogP contribution < -0.4 is 0 Å². The molecule has 0 spiro atoms. The predicted molar refractivity (Wildman–Crippen MR) is 66.2 cm³/mol. The molecule has 18 heavy (non-hydrogen) atoms. The number of hydrogen-bond acceptors (Lipinski definition) is 2. The molecular formula is C13H15N3O2. The molecule has 2 N–H and O–H groups in total. The number of aliphatic carboxylic acids is 1. The smallest absolute Gasteiger partial charge is 0.306 e. The number of imidazole rings is 1. The summed E-state index contributed by atoms with van der Waals surface area (Å²) < 4.78 is 2.13. The lowest BCUT2D eigenvalue weighted by atomic mass is 9.94. The van der Waals surface area contributed by atoms with Gasteiger partial charge in [-0.3, -0.25) is 4.79 Å². The summed E-state index contributed by atoms with van der Waals surface area (Å²) >= 11 is 0. The molecular weight excluding hydrogens is 230 g/mol. The van der Waals surface area contributed by atoms with Crippen molar-refractivity contribution in [2.24, 2.45) is 5.92 Å². The first kappa shape index (κ1) is 11.1. The molecule has 0 amide bonds. The lowest BCUT2D eigenvalue weighted by Gasteiger charge is -2.22. The lowest BCUT2D eigenvalue weighted by molar-refractivity contribution is -0.142. The molecule has 1 atom stereocenters. The third kappa shape index (κ3) is 1.63. The monoisotopic (exact) mass is 245 g/mol. The molecule has 1 aliphatic rings. The first-order valence-electron chi connectivity index (χ1n) is 6.09. The summed E-state index contributed by atoms with van der Waals surface area (Å²) in [5.74, 6) is -0.0433. The first-order chi connectivity index (χ1) is 8.66. The molecule has 3 rings (SSSR count). The number of carboxylic acid groups (broad SMARTS) is 1. The second-order valence-corrected chi connectivity index (χ2v) is 4.72. The van der Waals surface area contributed by atoms with E-state index in [9.17, 15) is 4.79 Å². The van der Waals surface area contributed by atoms with Gasteiger partial charge < -0.3 is 14.7 Å². The highest BCUT2D eigenvalue weighted by atomic mass is 16.4. The van der Waals surface area contributed by atoms with Crippen molar-refractivity contribution in [2.75, 3.05) is 0 Å². The average molecular weight is 245 g/mol. The fraction of sp³-hybridized carbons (Fsp3) is 0.385. The topological polar surface area (TPSA) is 70.9 Å². The number of aromatic amines is 1. The van der Waals surface area contributed by atoms with Crippen molar-refractivity contribution in [3.8, 4) is 11.4 Å². The number of nitrogens with zero attached hydrogens (tertiary/aromatic N) is 2. The van der Waals surface area contributed by atoms with Crippen molar-refractivity contribution in [3.63, 3.8) is 0 Å². The van der Waals surface area contributed by atoms with Gasteiger partial charge in [0.15, 0.2) is 0 Å². The summed E-state index contributed by atoms with van der Waals surface area (Å²) in [5.41, 5.74) is 2.88. The van der Waals surface area contributed by atoms with Gasteiger partial charge in [0.2, 0.25) is 0 Å². The van der Waals surface area contributed by atoms with E-state index in [0.717, 1.165) is 29.5 Å². The van der Waals surface area contributed by atoms with E-state index in [1.54, 1.807) is 0 Å². The van der Waals surface area contributed by atoms with Crippen molar-refractivity contribution in [1.29, 1.82) is 0 Å². The molecule has 0 saturated heterocycles. The van der Waals surface area contributed by atoms with E-state index in [-0.39, 0.29) is 5.92 Å². The Morgan fingerprint density at radius 2 is 2.44 bits per heavy atom. The second-order valence-electron chi connectivity index (χ2n) is 4.72. The van der Waals surface area contributed by atoms with Crippen molar-refractivity contribution in [3.05, 3.63) is 29.8 Å². The first-order valence-corrected chi connectivity index (χ1v) is 6.09. The van der Waals surface area contributed by atoms with Gasteiger partial charge in [0.05, 0.1) is 11.6 Å². The van der Waals surface area contributed by atoms with Gasteiger partial charge in [-0.15, -0.1) is 0 Å². The lowest BCUT2D eigenvalue weighted by Crippen LogP contribution is -2.26. The van der Waals surface area contributed by atoms with Crippen molar-refractivity contribution >= 4 is 5.97 Å². The predicted octanol–water partition coefficient (Wildman–Crippen LogP) is 1.83. The zero-order valence-corrected chi connectivity index (χ0v) is 10.2. The highest BCUT2D eigenvalue weighted by Crippen LogP contribution is 2.30. The Kier molecular flexibility index (Phi) is 2.47. The summed E-state index contributed by atoms with van der Waals surface area (Å²) in [6.07, 6.45) is 3.10. The molecule has 0 aliphatic carbocycles. The zero-order chi connectivity index (χ0) is 12.7. The van der Waals surface area contributed by atoms with E-state index in [2.05, 4.69) is 14.5 Å². The van der Waals surface area contributed by atoms with Gasteiger partial charge >= 0.3 is 5.97 Å². The second kappa shape index (κ2) is 4.01. The van der Waals surface area contributed by atoms with Crippen LogP contribution in [0.25, 0.3) is 11.4 Å². The van der Waals surface area contributed by atoms with Gasteiger partial charge in [-0.2, -0.15) is 0 Å². The normalized spacial score (nSPS) is 18.6. The number of H-pyrrole nitrogens is 1. The molecule has 1 aliphatic heterocycles. The SMILES string of the molecule is Cc1nc(-c2ccc[nH]2)c2n1CCC(C(=O)O)C2. The van der Waals surface area contributed by atoms with Crippen LogP contribution in [-0.4, -0.2) is 25.6 Å². The molecule has 0 saturated carbocycles. The number of aryl methyl sites for hydroxylation is 1. The molecule has 2 aromatic heterocycles. The molecule has 5 nitrogen and oxygen atoms in total. The third-order valence-corrected chi connectivity index (χ3v) is 3.61. The van der Waals surface area contributed by atoms with Crippen molar-refractivity contribution in [1.82, 2.24) is 14.5 Å². The van der Waals surface area contributed by atoms with E-state index in [1.165, 1.54) is 0 Å². The van der Waals surface area contributed by atoms with Crippen LogP contribution in [-0.2, 0) is 17.8 Å². The fourth-order valence-electron chi connectivity index (χ4n) is 2.64. The van der Waals surface area contributed by atoms with Crippen molar-refractivity contribution in [2.45, 2.75) is 26.3 Å². The van der Waals surface area contributed by atoms with E-state index in [1.807, 2.05) is 25.3 Å². The number of aromatic nitrogens is 3. The van der Waals surface area contributed by atoms with E-state index in [4.69, 9.17) is 5.11 Å². The minimum absolute atomic E-state index is 0.290. The average Bonchev–Trinajstić information content (AvgIpc) is 2.97. The van der Waals surface area contributed by atoms with Crippen LogP contribution in [0.1, 0.15) is 17.9 Å². The summed E-state index contributed by atoms with van der Waals surface area (Å²) in [7, 11) is 0. The fourth-order valence-corrected chi connectivity index (χ4v) is 2.64. The third-order valence-electron chi connectivity index (χ3n) is 3.61. The number of nitrogens with one attached hydrogen (secondary N) is 1. The number of hydrogen-bond donors (Lipinski definition) is 2.